The van der Waals surface area contributed by atoms with Crippen molar-refractivity contribution < 1.29 is 4.79 Å². The predicted octanol–water partition coefficient (Wildman–Crippen LogP) is 4.29. The van der Waals surface area contributed by atoms with Gasteiger partial charge in [0.1, 0.15) is 5.78 Å². The van der Waals surface area contributed by atoms with Gasteiger partial charge in [-0.25, -0.2) is 0 Å². The van der Waals surface area contributed by atoms with Crippen LogP contribution in [0.2, 0.25) is 0 Å². The molecule has 0 fully saturated rings. The Balaban J connectivity index is 1.74. The Morgan fingerprint density at radius 2 is 1.68 bits per heavy atom. The smallest absolute Gasteiger partial charge is 0.143 e. The summed E-state index contributed by atoms with van der Waals surface area (Å²) in [6, 6.07) is 18.5. The van der Waals surface area contributed by atoms with Crippen molar-refractivity contribution in [3.05, 3.63) is 65.7 Å². The van der Waals surface area contributed by atoms with E-state index in [1.165, 1.54) is 16.0 Å². The van der Waals surface area contributed by atoms with Crippen LogP contribution in [0.4, 0.5) is 0 Å². The lowest BCUT2D eigenvalue weighted by Gasteiger charge is -2.03. The third kappa shape index (κ3) is 4.92. The topological polar surface area (TPSA) is 17.1 Å². The summed E-state index contributed by atoms with van der Waals surface area (Å²) < 4.78 is 0. The normalized spacial score (nSPS) is 10.4. The molecule has 0 atom stereocenters. The molecule has 0 heterocycles. The summed E-state index contributed by atoms with van der Waals surface area (Å²) in [5, 5.41) is 0. The van der Waals surface area contributed by atoms with Gasteiger partial charge in [0.25, 0.3) is 0 Å². The minimum absolute atomic E-state index is 0.314. The monoisotopic (exact) mass is 270 g/mol. The molecule has 2 aromatic rings. The number of thioether (sulfide) groups is 1. The molecule has 0 bridgehead atoms. The van der Waals surface area contributed by atoms with E-state index < -0.39 is 0 Å². The second-order valence-corrected chi connectivity index (χ2v) is 5.67. The molecular weight excluding hydrogens is 252 g/mol. The van der Waals surface area contributed by atoms with Gasteiger partial charge in [-0.1, -0.05) is 48.0 Å². The van der Waals surface area contributed by atoms with Gasteiger partial charge in [0.05, 0.1) is 5.75 Å². The molecule has 0 saturated heterocycles. The van der Waals surface area contributed by atoms with Crippen LogP contribution in [0.3, 0.4) is 0 Å². The van der Waals surface area contributed by atoms with Crippen LogP contribution < -0.4 is 0 Å². The van der Waals surface area contributed by atoms with Gasteiger partial charge >= 0.3 is 0 Å². The zero-order chi connectivity index (χ0) is 13.5. The fourth-order valence-corrected chi connectivity index (χ4v) is 2.60. The maximum atomic E-state index is 11.8. The van der Waals surface area contributed by atoms with Crippen molar-refractivity contribution >= 4 is 17.5 Å². The third-order valence-electron chi connectivity index (χ3n) is 2.96. The Morgan fingerprint density at radius 3 is 2.37 bits per heavy atom. The van der Waals surface area contributed by atoms with Crippen molar-refractivity contribution in [1.29, 1.82) is 0 Å². The van der Waals surface area contributed by atoms with E-state index in [4.69, 9.17) is 0 Å². The molecule has 2 rings (SSSR count). The molecule has 0 aliphatic heterocycles. The summed E-state index contributed by atoms with van der Waals surface area (Å²) in [6.45, 7) is 2.07. The lowest BCUT2D eigenvalue weighted by molar-refractivity contribution is -0.116. The quantitative estimate of drug-likeness (QED) is 0.728. The van der Waals surface area contributed by atoms with Crippen LogP contribution >= 0.6 is 11.8 Å². The van der Waals surface area contributed by atoms with Crippen LogP contribution in [0.15, 0.2) is 59.5 Å². The predicted molar refractivity (Wildman–Crippen MR) is 81.7 cm³/mol. The standard InChI is InChI=1S/C17H18OS/c1-14-7-11-17(12-8-14)19-13-16(18)10-9-15-5-3-2-4-6-15/h2-8,11-12H,9-10,13H2,1H3. The number of hydrogen-bond acceptors (Lipinski definition) is 2. The van der Waals surface area contributed by atoms with Gasteiger partial charge in [-0.15, -0.1) is 11.8 Å². The molecule has 0 aliphatic carbocycles. The molecule has 0 amide bonds. The first kappa shape index (κ1) is 13.9. The third-order valence-corrected chi connectivity index (χ3v) is 4.03. The fraction of sp³-hybridized carbons (Fsp3) is 0.235. The number of carbonyl (C=O) groups is 1. The molecule has 0 N–H and O–H groups in total. The van der Waals surface area contributed by atoms with Crippen LogP contribution in [0.25, 0.3) is 0 Å². The van der Waals surface area contributed by atoms with E-state index in [0.29, 0.717) is 18.0 Å². The molecule has 2 heteroatoms. The highest BCUT2D eigenvalue weighted by atomic mass is 32.2. The number of carbonyl (C=O) groups excluding carboxylic acids is 1. The number of aryl methyl sites for hydroxylation is 2. The maximum absolute atomic E-state index is 11.8. The average Bonchev–Trinajstić information content (AvgIpc) is 2.45. The minimum atomic E-state index is 0.314. The molecule has 0 radical (unpaired) electrons. The second-order valence-electron chi connectivity index (χ2n) is 4.63. The van der Waals surface area contributed by atoms with E-state index in [1.54, 1.807) is 11.8 Å². The number of benzene rings is 2. The van der Waals surface area contributed by atoms with Crippen LogP contribution in [0.5, 0.6) is 0 Å². The molecule has 1 nitrogen and oxygen atoms in total. The Hall–Kier alpha value is -1.54. The van der Waals surface area contributed by atoms with Crippen molar-refractivity contribution in [2.45, 2.75) is 24.7 Å². The van der Waals surface area contributed by atoms with Gasteiger partial charge in [-0.2, -0.15) is 0 Å². The SMILES string of the molecule is Cc1ccc(SCC(=O)CCc2ccccc2)cc1. The fourth-order valence-electron chi connectivity index (χ4n) is 1.80. The first-order valence-electron chi connectivity index (χ1n) is 6.49. The average molecular weight is 270 g/mol. The summed E-state index contributed by atoms with van der Waals surface area (Å²) in [7, 11) is 0. The van der Waals surface area contributed by atoms with Crippen molar-refractivity contribution in [3.63, 3.8) is 0 Å². The van der Waals surface area contributed by atoms with E-state index in [2.05, 4.69) is 43.3 Å². The second kappa shape index (κ2) is 7.15. The highest BCUT2D eigenvalue weighted by Crippen LogP contribution is 2.18. The summed E-state index contributed by atoms with van der Waals surface area (Å²) in [5.74, 6) is 0.880. The first-order valence-corrected chi connectivity index (χ1v) is 7.48. The van der Waals surface area contributed by atoms with Crippen molar-refractivity contribution in [3.8, 4) is 0 Å². The summed E-state index contributed by atoms with van der Waals surface area (Å²) in [5.41, 5.74) is 2.48. The number of hydrogen-bond donors (Lipinski definition) is 0. The molecule has 0 saturated carbocycles. The van der Waals surface area contributed by atoms with Gasteiger partial charge < -0.3 is 0 Å². The van der Waals surface area contributed by atoms with Gasteiger partial charge in [0.15, 0.2) is 0 Å². The lowest BCUT2D eigenvalue weighted by Crippen LogP contribution is -2.03. The molecule has 0 spiro atoms. The van der Waals surface area contributed by atoms with E-state index in [-0.39, 0.29) is 0 Å². The van der Waals surface area contributed by atoms with E-state index in [0.717, 1.165) is 6.42 Å². The van der Waals surface area contributed by atoms with Crippen molar-refractivity contribution in [1.82, 2.24) is 0 Å². The van der Waals surface area contributed by atoms with Crippen LogP contribution in [-0.2, 0) is 11.2 Å². The van der Waals surface area contributed by atoms with Gasteiger partial charge in [0, 0.05) is 11.3 Å². The summed E-state index contributed by atoms with van der Waals surface area (Å²) in [4.78, 5) is 13.0. The summed E-state index contributed by atoms with van der Waals surface area (Å²) in [6.07, 6.45) is 1.47. The first-order chi connectivity index (χ1) is 9.24. The van der Waals surface area contributed by atoms with Crippen molar-refractivity contribution in [2.75, 3.05) is 5.75 Å². The lowest BCUT2D eigenvalue weighted by atomic mass is 10.1. The Labute approximate surface area is 119 Å². The highest BCUT2D eigenvalue weighted by molar-refractivity contribution is 8.00. The molecule has 19 heavy (non-hydrogen) atoms. The largest absolute Gasteiger partial charge is 0.299 e. The van der Waals surface area contributed by atoms with Gasteiger partial charge in [-0.05, 0) is 31.0 Å². The number of rotatable bonds is 6. The zero-order valence-electron chi connectivity index (χ0n) is 11.1. The molecule has 2 aromatic carbocycles. The Kier molecular flexibility index (Phi) is 5.22. The Morgan fingerprint density at radius 1 is 1.00 bits per heavy atom. The summed E-state index contributed by atoms with van der Waals surface area (Å²) >= 11 is 1.62. The minimum Gasteiger partial charge on any atom is -0.299 e. The van der Waals surface area contributed by atoms with E-state index in [9.17, 15) is 4.79 Å². The Bertz CT molecular complexity index is 517. The van der Waals surface area contributed by atoms with Gasteiger partial charge in [-0.3, -0.25) is 4.79 Å². The molecule has 0 aliphatic rings. The number of Topliss-reactive ketones (excluding diaryl/α,β-unsaturated/α-hetero) is 1. The maximum Gasteiger partial charge on any atom is 0.143 e. The molecule has 0 unspecified atom stereocenters. The zero-order valence-corrected chi connectivity index (χ0v) is 12.0. The van der Waals surface area contributed by atoms with Crippen LogP contribution in [0, 0.1) is 6.92 Å². The van der Waals surface area contributed by atoms with Crippen molar-refractivity contribution in [2.24, 2.45) is 0 Å². The molecule has 0 aromatic heterocycles. The van der Waals surface area contributed by atoms with E-state index >= 15 is 0 Å². The van der Waals surface area contributed by atoms with Gasteiger partial charge in [0.2, 0.25) is 0 Å². The van der Waals surface area contributed by atoms with Crippen LogP contribution in [0.1, 0.15) is 17.5 Å². The van der Waals surface area contributed by atoms with E-state index in [1.807, 2.05) is 18.2 Å². The molecule has 98 valence electrons. The molecular formula is C17H18OS. The van der Waals surface area contributed by atoms with Crippen LogP contribution in [-0.4, -0.2) is 11.5 Å². The highest BCUT2D eigenvalue weighted by Gasteiger charge is 2.04. The number of ketones is 1.